The smallest absolute Gasteiger partial charge is 0.258 e. The Labute approximate surface area is 351 Å². The number of aromatic nitrogens is 5. The molecule has 4 aliphatic heterocycles. The molecule has 0 aliphatic carbocycles. The number of nitrogens with one attached hydrogen (secondary N) is 3. The lowest BCUT2D eigenvalue weighted by atomic mass is 9.88. The second-order valence-corrected chi connectivity index (χ2v) is 17.2. The topological polar surface area (TPSA) is 165 Å². The third kappa shape index (κ3) is 8.12. The molecule has 0 saturated carbocycles. The Morgan fingerprint density at radius 3 is 2.49 bits per heavy atom. The summed E-state index contributed by atoms with van der Waals surface area (Å²) in [5, 5.41) is 12.9. The van der Waals surface area contributed by atoms with Gasteiger partial charge in [0.2, 0.25) is 23.6 Å². The number of aryl methyl sites for hydroxylation is 2. The Balaban J connectivity index is 0.883. The molecular weight excluding hydrogens is 785 g/mol. The normalized spacial score (nSPS) is 23.3. The fourth-order valence-corrected chi connectivity index (χ4v) is 9.80. The SMILES string of the molecule is Cc1cc2cc(n1)-c1cnn(C)c1OCCC[C@@H](C)Cn1c(nc3ccc(C(=O)NC4C[C@H]5CC[C@@H](C4)N5CCc4cc(F)c([C@H]5CCC(=O)NC5=O)c(F)c4)cc31)NC2=O. The van der Waals surface area contributed by atoms with Crippen molar-refractivity contribution in [1.29, 1.82) is 0 Å². The summed E-state index contributed by atoms with van der Waals surface area (Å²) in [5.74, 6) is -3.01. The zero-order chi connectivity index (χ0) is 42.5. The van der Waals surface area contributed by atoms with Crippen LogP contribution in [0.1, 0.15) is 102 Å². The van der Waals surface area contributed by atoms with Crippen molar-refractivity contribution in [2.24, 2.45) is 13.0 Å². The second-order valence-electron chi connectivity index (χ2n) is 17.2. The van der Waals surface area contributed by atoms with Crippen molar-refractivity contribution in [1.82, 2.24) is 39.8 Å². The molecule has 16 heteroatoms. The highest BCUT2D eigenvalue weighted by Gasteiger charge is 2.41. The van der Waals surface area contributed by atoms with Crippen LogP contribution in [0.25, 0.3) is 22.3 Å². The van der Waals surface area contributed by atoms with Gasteiger partial charge in [0.25, 0.3) is 11.8 Å². The monoisotopic (exact) mass is 833 g/mol. The van der Waals surface area contributed by atoms with Crippen molar-refractivity contribution in [2.75, 3.05) is 18.5 Å². The maximum Gasteiger partial charge on any atom is 0.258 e. The molecule has 5 aromatic rings. The number of carbonyl (C=O) groups excluding carboxylic acids is 4. The standard InChI is InChI=1S/C45H49F2N9O5/c1-24-5-4-14-61-44-33(22-48-54(44)3)37-18-28(15-25(2)49-37)42(59)53-45-51-36-10-6-27(19-38(36)56(45)23-24)41(58)50-29-20-30-7-8-31(21-29)55(30)13-12-26-16-34(46)40(35(47)17-26)32-9-11-39(57)52-43(32)60/h6,10,15-19,22,24,29-32H,4-5,7-9,11-14,20-21,23H2,1-3H3,(H,50,58)(H,51,53,59)(H,52,57,60)/t24-,29?,30-,31+,32-/m1/s1. The molecular formula is C45H49F2N9O5. The number of hydrogen-bond donors (Lipinski definition) is 3. The average molecular weight is 834 g/mol. The quantitative estimate of drug-likeness (QED) is 0.175. The van der Waals surface area contributed by atoms with Gasteiger partial charge in [-0.1, -0.05) is 6.92 Å². The minimum atomic E-state index is -1.03. The zero-order valence-electron chi connectivity index (χ0n) is 34.5. The number of imidazole rings is 1. The minimum Gasteiger partial charge on any atom is -0.477 e. The maximum absolute atomic E-state index is 15.2. The number of halogens is 2. The van der Waals surface area contributed by atoms with Crippen molar-refractivity contribution in [3.63, 3.8) is 0 Å². The molecule has 3 fully saturated rings. The fourth-order valence-electron chi connectivity index (χ4n) is 9.80. The molecule has 5 atom stereocenters. The number of piperidine rings is 2. The van der Waals surface area contributed by atoms with Gasteiger partial charge < -0.3 is 14.6 Å². The first-order valence-electron chi connectivity index (χ1n) is 21.2. The summed E-state index contributed by atoms with van der Waals surface area (Å²) in [7, 11) is 1.82. The molecule has 7 heterocycles. The molecule has 4 bridgehead atoms. The third-order valence-electron chi connectivity index (χ3n) is 12.8. The van der Waals surface area contributed by atoms with E-state index < -0.39 is 29.4 Å². The highest BCUT2D eigenvalue weighted by atomic mass is 19.1. The lowest BCUT2D eigenvalue weighted by Crippen LogP contribution is -2.50. The number of imide groups is 1. The van der Waals surface area contributed by atoms with Gasteiger partial charge in [-0.05, 0) is 112 Å². The first kappa shape index (κ1) is 40.4. The van der Waals surface area contributed by atoms with Gasteiger partial charge in [0.15, 0.2) is 0 Å². The van der Waals surface area contributed by atoms with E-state index in [9.17, 15) is 19.2 Å². The highest BCUT2D eigenvalue weighted by Crippen LogP contribution is 2.37. The molecule has 4 aliphatic rings. The van der Waals surface area contributed by atoms with Crippen LogP contribution in [0.15, 0.2) is 48.7 Å². The Morgan fingerprint density at radius 1 is 0.967 bits per heavy atom. The van der Waals surface area contributed by atoms with Gasteiger partial charge in [0, 0.05) is 67.1 Å². The molecule has 318 valence electrons. The average Bonchev–Trinajstić information content (AvgIpc) is 3.83. The van der Waals surface area contributed by atoms with E-state index in [1.54, 1.807) is 29.1 Å². The van der Waals surface area contributed by atoms with Gasteiger partial charge in [0.05, 0.1) is 41.0 Å². The Kier molecular flexibility index (Phi) is 10.9. The summed E-state index contributed by atoms with van der Waals surface area (Å²) < 4.78 is 40.3. The summed E-state index contributed by atoms with van der Waals surface area (Å²) in [5.41, 5.74) is 4.51. The fraction of sp³-hybridized carbons (Fsp3) is 0.444. The van der Waals surface area contributed by atoms with Crippen molar-refractivity contribution in [3.05, 3.63) is 88.2 Å². The van der Waals surface area contributed by atoms with Gasteiger partial charge >= 0.3 is 0 Å². The Hall–Kier alpha value is -6.03. The number of rotatable bonds is 6. The Morgan fingerprint density at radius 2 is 1.74 bits per heavy atom. The summed E-state index contributed by atoms with van der Waals surface area (Å²) in [6, 6.07) is 11.9. The summed E-state index contributed by atoms with van der Waals surface area (Å²) in [6.45, 7) is 5.64. The van der Waals surface area contributed by atoms with Gasteiger partial charge in [-0.2, -0.15) is 5.10 Å². The molecule has 14 nitrogen and oxygen atoms in total. The van der Waals surface area contributed by atoms with Crippen LogP contribution in [0.4, 0.5) is 14.7 Å². The number of carbonyl (C=O) groups is 4. The number of amides is 4. The zero-order valence-corrected chi connectivity index (χ0v) is 34.5. The van der Waals surface area contributed by atoms with Crippen molar-refractivity contribution in [3.8, 4) is 17.1 Å². The first-order valence-corrected chi connectivity index (χ1v) is 21.2. The number of nitrogens with zero attached hydrogens (tertiary/aromatic N) is 6. The van der Waals surface area contributed by atoms with E-state index in [1.165, 1.54) is 12.1 Å². The molecule has 2 aromatic carbocycles. The van der Waals surface area contributed by atoms with Gasteiger partial charge in [0.1, 0.15) is 11.6 Å². The molecule has 3 saturated heterocycles. The molecule has 61 heavy (non-hydrogen) atoms. The second kappa shape index (κ2) is 16.4. The predicted molar refractivity (Wildman–Crippen MR) is 222 cm³/mol. The van der Waals surface area contributed by atoms with E-state index in [0.29, 0.717) is 77.1 Å². The van der Waals surface area contributed by atoms with E-state index >= 15 is 8.78 Å². The van der Waals surface area contributed by atoms with Crippen molar-refractivity contribution in [2.45, 2.75) is 102 Å². The lowest BCUT2D eigenvalue weighted by molar-refractivity contribution is -0.134. The maximum atomic E-state index is 15.2. The predicted octanol–water partition coefficient (Wildman–Crippen LogP) is 5.97. The van der Waals surface area contributed by atoms with Crippen LogP contribution in [0.2, 0.25) is 0 Å². The van der Waals surface area contributed by atoms with Crippen molar-refractivity contribution < 1.29 is 32.7 Å². The highest BCUT2D eigenvalue weighted by molar-refractivity contribution is 6.05. The van der Waals surface area contributed by atoms with Crippen molar-refractivity contribution >= 4 is 40.6 Å². The summed E-state index contributed by atoms with van der Waals surface area (Å²) >= 11 is 0. The number of hydrogen-bond acceptors (Lipinski definition) is 9. The number of anilines is 1. The van der Waals surface area contributed by atoms with Crippen LogP contribution in [0, 0.1) is 24.5 Å². The Bertz CT molecular complexity index is 2530. The van der Waals surface area contributed by atoms with Crippen LogP contribution in [-0.4, -0.2) is 84.1 Å². The molecule has 9 rings (SSSR count). The van der Waals surface area contributed by atoms with Gasteiger partial charge in [-0.3, -0.25) is 39.7 Å². The summed E-state index contributed by atoms with van der Waals surface area (Å²) in [4.78, 5) is 63.5. The molecule has 0 spiro atoms. The third-order valence-corrected chi connectivity index (χ3v) is 12.8. The van der Waals surface area contributed by atoms with Crippen LogP contribution in [-0.2, 0) is 29.6 Å². The van der Waals surface area contributed by atoms with Crippen LogP contribution in [0.5, 0.6) is 5.88 Å². The van der Waals surface area contributed by atoms with E-state index in [0.717, 1.165) is 44.0 Å². The number of benzene rings is 2. The first-order chi connectivity index (χ1) is 29.4. The van der Waals surface area contributed by atoms with Crippen LogP contribution < -0.4 is 20.7 Å². The van der Waals surface area contributed by atoms with Crippen LogP contribution >= 0.6 is 0 Å². The van der Waals surface area contributed by atoms with E-state index in [2.05, 4.69) is 37.9 Å². The molecule has 4 amide bonds. The number of ether oxygens (including phenoxy) is 1. The van der Waals surface area contributed by atoms with E-state index in [4.69, 9.17) is 9.72 Å². The molecule has 1 unspecified atom stereocenters. The largest absolute Gasteiger partial charge is 0.477 e. The van der Waals surface area contributed by atoms with Crippen LogP contribution in [0.3, 0.4) is 0 Å². The number of fused-ring (bicyclic) bond motifs is 9. The van der Waals surface area contributed by atoms with Gasteiger partial charge in [-0.15, -0.1) is 0 Å². The molecule has 0 radical (unpaired) electrons. The summed E-state index contributed by atoms with van der Waals surface area (Å²) in [6.07, 6.45) is 7.35. The number of pyridine rings is 1. The van der Waals surface area contributed by atoms with Gasteiger partial charge in [-0.25, -0.2) is 18.4 Å². The molecule has 3 aromatic heterocycles. The molecule has 3 N–H and O–H groups in total. The lowest BCUT2D eigenvalue weighted by Gasteiger charge is -2.39. The van der Waals surface area contributed by atoms with E-state index in [-0.39, 0.29) is 54.3 Å². The minimum absolute atomic E-state index is 0.0406. The van der Waals surface area contributed by atoms with E-state index in [1.807, 2.05) is 30.7 Å².